The van der Waals surface area contributed by atoms with Crippen LogP contribution in [-0.2, 0) is 11.2 Å². The normalized spacial score (nSPS) is 10.2. The van der Waals surface area contributed by atoms with Gasteiger partial charge in [0.1, 0.15) is 11.5 Å². The van der Waals surface area contributed by atoms with Crippen molar-refractivity contribution in [2.45, 2.75) is 33.1 Å². The highest BCUT2D eigenvalue weighted by atomic mass is 35.5. The van der Waals surface area contributed by atoms with Gasteiger partial charge in [0.25, 0.3) is 0 Å². The maximum Gasteiger partial charge on any atom is 0.137 e. The maximum atomic E-state index is 10.8. The van der Waals surface area contributed by atoms with Gasteiger partial charge >= 0.3 is 0 Å². The Morgan fingerprint density at radius 3 is 2.75 bits per heavy atom. The smallest absolute Gasteiger partial charge is 0.137 e. The molecule has 0 amide bonds. The molecule has 2 nitrogen and oxygen atoms in total. The number of Topliss-reactive ketones (excluding diaryl/α,β-unsaturated/α-hetero) is 1. The molecular weight excluding hydrogens is 224 g/mol. The van der Waals surface area contributed by atoms with E-state index < -0.39 is 0 Å². The van der Waals surface area contributed by atoms with Gasteiger partial charge in [-0.15, -0.1) is 0 Å². The zero-order valence-electron chi connectivity index (χ0n) is 9.75. The summed E-state index contributed by atoms with van der Waals surface area (Å²) in [4.78, 5) is 10.8. The first-order valence-corrected chi connectivity index (χ1v) is 5.92. The van der Waals surface area contributed by atoms with Crippen molar-refractivity contribution < 1.29 is 9.53 Å². The molecule has 0 spiro atoms. The van der Waals surface area contributed by atoms with Gasteiger partial charge in [-0.25, -0.2) is 0 Å². The Kier molecular flexibility index (Phi) is 5.33. The van der Waals surface area contributed by atoms with E-state index in [1.807, 2.05) is 25.1 Å². The quantitative estimate of drug-likeness (QED) is 0.759. The highest BCUT2D eigenvalue weighted by Gasteiger charge is 2.03. The van der Waals surface area contributed by atoms with Crippen LogP contribution in [0.1, 0.15) is 32.3 Å². The maximum absolute atomic E-state index is 10.8. The average Bonchev–Trinajstić information content (AvgIpc) is 2.21. The average molecular weight is 241 g/mol. The molecule has 0 atom stereocenters. The number of carbonyl (C=O) groups is 1. The molecule has 88 valence electrons. The van der Waals surface area contributed by atoms with Crippen LogP contribution in [0, 0.1) is 0 Å². The minimum atomic E-state index is 0.233. The van der Waals surface area contributed by atoms with Crippen molar-refractivity contribution in [2.75, 3.05) is 6.61 Å². The lowest BCUT2D eigenvalue weighted by atomic mass is 10.1. The fraction of sp³-hybridized carbons (Fsp3) is 0.462. The van der Waals surface area contributed by atoms with Crippen LogP contribution in [0.5, 0.6) is 5.75 Å². The van der Waals surface area contributed by atoms with Crippen molar-refractivity contribution in [3.05, 3.63) is 28.8 Å². The first-order valence-electron chi connectivity index (χ1n) is 5.54. The second-order valence-electron chi connectivity index (χ2n) is 3.75. The van der Waals surface area contributed by atoms with Crippen LogP contribution >= 0.6 is 11.6 Å². The zero-order chi connectivity index (χ0) is 12.0. The summed E-state index contributed by atoms with van der Waals surface area (Å²) in [6.45, 7) is 4.16. The summed E-state index contributed by atoms with van der Waals surface area (Å²) in [5.41, 5.74) is 1.15. The number of ether oxygens (including phenoxy) is 1. The van der Waals surface area contributed by atoms with Gasteiger partial charge in [0.05, 0.1) is 11.6 Å². The number of benzene rings is 1. The van der Waals surface area contributed by atoms with Gasteiger partial charge < -0.3 is 9.53 Å². The molecule has 1 aromatic rings. The Labute approximate surface area is 102 Å². The predicted octanol–water partition coefficient (Wildman–Crippen LogP) is 3.65. The summed E-state index contributed by atoms with van der Waals surface area (Å²) >= 11 is 6.06. The van der Waals surface area contributed by atoms with Gasteiger partial charge in [-0.05, 0) is 44.4 Å². The monoisotopic (exact) mass is 240 g/mol. The molecule has 16 heavy (non-hydrogen) atoms. The molecule has 0 heterocycles. The first-order chi connectivity index (χ1) is 7.63. The molecule has 0 aliphatic carbocycles. The highest BCUT2D eigenvalue weighted by molar-refractivity contribution is 6.32. The second-order valence-corrected chi connectivity index (χ2v) is 4.16. The fourth-order valence-corrected chi connectivity index (χ4v) is 1.77. The van der Waals surface area contributed by atoms with E-state index in [0.29, 0.717) is 18.1 Å². The zero-order valence-corrected chi connectivity index (χ0v) is 10.5. The number of hydrogen-bond acceptors (Lipinski definition) is 2. The lowest BCUT2D eigenvalue weighted by Crippen LogP contribution is -1.95. The van der Waals surface area contributed by atoms with Gasteiger partial charge in [0, 0.05) is 6.42 Å². The SMILES string of the molecule is CCOc1ccc(CCCC(C)=O)cc1Cl. The Morgan fingerprint density at radius 1 is 1.44 bits per heavy atom. The van der Waals surface area contributed by atoms with Gasteiger partial charge in [0.2, 0.25) is 0 Å². The Hall–Kier alpha value is -1.02. The van der Waals surface area contributed by atoms with Crippen molar-refractivity contribution in [3.8, 4) is 5.75 Å². The first kappa shape index (κ1) is 13.0. The molecule has 0 unspecified atom stereocenters. The molecule has 0 saturated carbocycles. The Morgan fingerprint density at radius 2 is 2.19 bits per heavy atom. The molecule has 0 radical (unpaired) electrons. The summed E-state index contributed by atoms with van der Waals surface area (Å²) in [7, 11) is 0. The lowest BCUT2D eigenvalue weighted by molar-refractivity contribution is -0.117. The molecule has 0 N–H and O–H groups in total. The van der Waals surface area contributed by atoms with Crippen molar-refractivity contribution >= 4 is 17.4 Å². The number of halogens is 1. The molecule has 0 aliphatic heterocycles. The topological polar surface area (TPSA) is 26.3 Å². The molecule has 0 aliphatic rings. The van der Waals surface area contributed by atoms with Crippen molar-refractivity contribution in [3.63, 3.8) is 0 Å². The Balaban J connectivity index is 2.55. The van der Waals surface area contributed by atoms with Crippen LogP contribution in [0.15, 0.2) is 18.2 Å². The summed E-state index contributed by atoms with van der Waals surface area (Å²) in [6, 6.07) is 5.79. The summed E-state index contributed by atoms with van der Waals surface area (Å²) in [5.74, 6) is 0.955. The standard InChI is InChI=1S/C13H17ClO2/c1-3-16-13-8-7-11(9-12(13)14)6-4-5-10(2)15/h7-9H,3-6H2,1-2H3. The number of aryl methyl sites for hydroxylation is 1. The third-order valence-corrected chi connectivity index (χ3v) is 2.59. The summed E-state index contributed by atoms with van der Waals surface area (Å²) < 4.78 is 5.35. The minimum absolute atomic E-state index is 0.233. The van der Waals surface area contributed by atoms with E-state index in [-0.39, 0.29) is 5.78 Å². The molecule has 1 aromatic carbocycles. The van der Waals surface area contributed by atoms with Crippen LogP contribution in [-0.4, -0.2) is 12.4 Å². The number of carbonyl (C=O) groups excluding carboxylic acids is 1. The van der Waals surface area contributed by atoms with E-state index in [9.17, 15) is 4.79 Å². The van der Waals surface area contributed by atoms with E-state index in [0.717, 1.165) is 24.2 Å². The van der Waals surface area contributed by atoms with Crippen molar-refractivity contribution in [2.24, 2.45) is 0 Å². The summed E-state index contributed by atoms with van der Waals surface area (Å²) in [6.07, 6.45) is 2.39. The van der Waals surface area contributed by atoms with E-state index >= 15 is 0 Å². The van der Waals surface area contributed by atoms with Crippen LogP contribution < -0.4 is 4.74 Å². The van der Waals surface area contributed by atoms with E-state index in [1.165, 1.54) is 0 Å². The number of ketones is 1. The van der Waals surface area contributed by atoms with Crippen LogP contribution in [0.4, 0.5) is 0 Å². The predicted molar refractivity (Wildman–Crippen MR) is 66.2 cm³/mol. The van der Waals surface area contributed by atoms with Gasteiger partial charge in [-0.3, -0.25) is 0 Å². The molecule has 3 heteroatoms. The molecule has 0 aromatic heterocycles. The van der Waals surface area contributed by atoms with Crippen molar-refractivity contribution in [1.82, 2.24) is 0 Å². The number of hydrogen-bond donors (Lipinski definition) is 0. The summed E-state index contributed by atoms with van der Waals surface area (Å²) in [5, 5.41) is 0.641. The van der Waals surface area contributed by atoms with Crippen molar-refractivity contribution in [1.29, 1.82) is 0 Å². The van der Waals surface area contributed by atoms with E-state index in [2.05, 4.69) is 0 Å². The lowest BCUT2D eigenvalue weighted by Gasteiger charge is -2.07. The molecular formula is C13H17ClO2. The van der Waals surface area contributed by atoms with Gasteiger partial charge in [-0.1, -0.05) is 17.7 Å². The van der Waals surface area contributed by atoms with Gasteiger partial charge in [-0.2, -0.15) is 0 Å². The van der Waals surface area contributed by atoms with E-state index in [4.69, 9.17) is 16.3 Å². The van der Waals surface area contributed by atoms with Gasteiger partial charge in [0.15, 0.2) is 0 Å². The van der Waals surface area contributed by atoms with Crippen LogP contribution in [0.3, 0.4) is 0 Å². The van der Waals surface area contributed by atoms with E-state index in [1.54, 1.807) is 6.92 Å². The third kappa shape index (κ3) is 4.23. The molecule has 0 bridgehead atoms. The Bertz CT molecular complexity index is 361. The molecule has 0 fully saturated rings. The second kappa shape index (κ2) is 6.54. The largest absolute Gasteiger partial charge is 0.492 e. The van der Waals surface area contributed by atoms with Crippen LogP contribution in [0.2, 0.25) is 5.02 Å². The molecule has 0 saturated heterocycles. The number of rotatable bonds is 6. The fourth-order valence-electron chi connectivity index (χ4n) is 1.51. The molecule has 1 rings (SSSR count). The minimum Gasteiger partial charge on any atom is -0.492 e. The highest BCUT2D eigenvalue weighted by Crippen LogP contribution is 2.26. The van der Waals surface area contributed by atoms with Crippen LogP contribution in [0.25, 0.3) is 0 Å². The third-order valence-electron chi connectivity index (χ3n) is 2.29.